The molecule has 0 unspecified atom stereocenters. The van der Waals surface area contributed by atoms with Crippen LogP contribution in [0.15, 0.2) is 35.3 Å². The summed E-state index contributed by atoms with van der Waals surface area (Å²) in [6.07, 6.45) is 6.05. The third-order valence-electron chi connectivity index (χ3n) is 3.68. The van der Waals surface area contributed by atoms with Crippen molar-refractivity contribution >= 4 is 45.6 Å². The number of aryl methyl sites for hydroxylation is 1. The lowest BCUT2D eigenvalue weighted by Crippen LogP contribution is -2.44. The molecule has 6 nitrogen and oxygen atoms in total. The van der Waals surface area contributed by atoms with Crippen LogP contribution in [0.3, 0.4) is 0 Å². The normalized spacial score (nSPS) is 14.9. The number of aliphatic imine (C=N–C) groups is 1. The summed E-state index contributed by atoms with van der Waals surface area (Å²) in [5.41, 5.74) is 0.688. The molecule has 0 saturated carbocycles. The Hall–Kier alpha value is -1.36. The molecule has 0 amide bonds. The van der Waals surface area contributed by atoms with Crippen LogP contribution in [0, 0.1) is 12.7 Å². The van der Waals surface area contributed by atoms with E-state index in [-0.39, 0.29) is 42.0 Å². The highest BCUT2D eigenvalue weighted by molar-refractivity contribution is 14.0. The number of anilines is 1. The molecule has 0 bridgehead atoms. The van der Waals surface area contributed by atoms with Crippen LogP contribution in [0.25, 0.3) is 0 Å². The molecule has 25 heavy (non-hydrogen) atoms. The van der Waals surface area contributed by atoms with Crippen molar-refractivity contribution in [2.45, 2.75) is 25.8 Å². The predicted molar refractivity (Wildman–Crippen MR) is 111 cm³/mol. The number of nitrogens with zero attached hydrogens (tertiary/aromatic N) is 1. The van der Waals surface area contributed by atoms with E-state index in [1.807, 2.05) is 0 Å². The molecular weight excluding hydrogens is 458 g/mol. The van der Waals surface area contributed by atoms with Crippen LogP contribution in [0.1, 0.15) is 18.4 Å². The van der Waals surface area contributed by atoms with Gasteiger partial charge in [0.1, 0.15) is 5.82 Å². The van der Waals surface area contributed by atoms with Crippen molar-refractivity contribution in [3.63, 3.8) is 0 Å². The van der Waals surface area contributed by atoms with E-state index < -0.39 is 15.8 Å². The molecule has 0 fully saturated rings. The van der Waals surface area contributed by atoms with Crippen molar-refractivity contribution in [1.82, 2.24) is 10.6 Å². The zero-order valence-corrected chi connectivity index (χ0v) is 17.4. The highest BCUT2D eigenvalue weighted by Crippen LogP contribution is 2.14. The Morgan fingerprint density at radius 3 is 2.60 bits per heavy atom. The molecule has 9 heteroatoms. The van der Waals surface area contributed by atoms with Gasteiger partial charge in [-0.3, -0.25) is 9.71 Å². The molecule has 1 aliphatic rings. The van der Waals surface area contributed by atoms with E-state index >= 15 is 0 Å². The molecule has 3 N–H and O–H groups in total. The summed E-state index contributed by atoms with van der Waals surface area (Å²) in [4.78, 5) is 4.08. The number of nitrogens with one attached hydrogen (secondary N) is 3. The third-order valence-corrected chi connectivity index (χ3v) is 4.97. The Morgan fingerprint density at radius 2 is 2.00 bits per heavy atom. The maximum atomic E-state index is 13.5. The van der Waals surface area contributed by atoms with Crippen molar-refractivity contribution in [3.05, 3.63) is 41.7 Å². The number of halogens is 2. The van der Waals surface area contributed by atoms with E-state index in [1.54, 1.807) is 14.0 Å². The second-order valence-electron chi connectivity index (χ2n) is 5.67. The van der Waals surface area contributed by atoms with Gasteiger partial charge in [0.15, 0.2) is 5.96 Å². The van der Waals surface area contributed by atoms with E-state index in [9.17, 15) is 12.8 Å². The first-order valence-corrected chi connectivity index (χ1v) is 9.43. The highest BCUT2D eigenvalue weighted by Gasteiger charge is 2.14. The third kappa shape index (κ3) is 7.18. The van der Waals surface area contributed by atoms with Crippen LogP contribution in [-0.4, -0.2) is 39.8 Å². The molecule has 140 valence electrons. The molecule has 0 spiro atoms. The average Bonchev–Trinajstić information content (AvgIpc) is 3.02. The lowest BCUT2D eigenvalue weighted by Gasteiger charge is -2.17. The summed E-state index contributed by atoms with van der Waals surface area (Å²) in [5.74, 6) is -0.0186. The van der Waals surface area contributed by atoms with Crippen LogP contribution in [0.5, 0.6) is 0 Å². The van der Waals surface area contributed by atoms with Crippen LogP contribution >= 0.6 is 24.0 Å². The van der Waals surface area contributed by atoms with Crippen molar-refractivity contribution in [2.24, 2.45) is 4.99 Å². The Morgan fingerprint density at radius 1 is 1.32 bits per heavy atom. The Labute approximate surface area is 165 Å². The molecule has 1 aromatic rings. The second-order valence-corrected chi connectivity index (χ2v) is 7.51. The second kappa shape index (κ2) is 9.95. The molecule has 0 heterocycles. The Bertz CT molecular complexity index is 730. The molecule has 0 atom stereocenters. The fourth-order valence-corrected chi connectivity index (χ4v) is 3.27. The highest BCUT2D eigenvalue weighted by atomic mass is 127. The van der Waals surface area contributed by atoms with Crippen molar-refractivity contribution in [3.8, 4) is 0 Å². The van der Waals surface area contributed by atoms with Crippen LogP contribution < -0.4 is 15.4 Å². The van der Waals surface area contributed by atoms with Gasteiger partial charge < -0.3 is 10.6 Å². The first kappa shape index (κ1) is 21.7. The molecule has 0 aromatic heterocycles. The number of rotatable bonds is 6. The number of hydrogen-bond acceptors (Lipinski definition) is 3. The summed E-state index contributed by atoms with van der Waals surface area (Å²) in [7, 11) is -1.93. The minimum atomic E-state index is -3.57. The zero-order chi connectivity index (χ0) is 17.6. The molecule has 2 rings (SSSR count). The van der Waals surface area contributed by atoms with Crippen LogP contribution in [-0.2, 0) is 10.0 Å². The monoisotopic (exact) mass is 482 g/mol. The summed E-state index contributed by atoms with van der Waals surface area (Å²) >= 11 is 0. The fourth-order valence-electron chi connectivity index (χ4n) is 2.31. The maximum absolute atomic E-state index is 13.5. The molecule has 0 aliphatic heterocycles. The largest absolute Gasteiger partial charge is 0.355 e. The van der Waals surface area contributed by atoms with Crippen molar-refractivity contribution in [2.75, 3.05) is 24.1 Å². The maximum Gasteiger partial charge on any atom is 0.234 e. The van der Waals surface area contributed by atoms with Gasteiger partial charge in [-0.1, -0.05) is 18.2 Å². The minimum Gasteiger partial charge on any atom is -0.355 e. The quantitative estimate of drug-likeness (QED) is 0.252. The van der Waals surface area contributed by atoms with Gasteiger partial charge in [-0.2, -0.15) is 0 Å². The Balaban J connectivity index is 0.00000312. The van der Waals surface area contributed by atoms with E-state index in [0.29, 0.717) is 17.6 Å². The smallest absolute Gasteiger partial charge is 0.234 e. The van der Waals surface area contributed by atoms with Gasteiger partial charge in [0.2, 0.25) is 10.0 Å². The summed E-state index contributed by atoms with van der Waals surface area (Å²) < 4.78 is 40.0. The fraction of sp³-hybridized carbons (Fsp3) is 0.438. The summed E-state index contributed by atoms with van der Waals surface area (Å²) in [5, 5.41) is 6.20. The van der Waals surface area contributed by atoms with Gasteiger partial charge in [-0.05, 0) is 37.5 Å². The number of benzene rings is 1. The predicted octanol–water partition coefficient (Wildman–Crippen LogP) is 2.38. The van der Waals surface area contributed by atoms with Gasteiger partial charge in [0.05, 0.1) is 11.4 Å². The SMILES string of the molecule is CN=C(NCCS(=O)(=O)Nc1ccc(C)c(F)c1)NC1CC=CC1.I. The van der Waals surface area contributed by atoms with E-state index in [1.165, 1.54) is 18.2 Å². The zero-order valence-electron chi connectivity index (χ0n) is 14.3. The van der Waals surface area contributed by atoms with Gasteiger partial charge in [0.25, 0.3) is 0 Å². The van der Waals surface area contributed by atoms with E-state index in [0.717, 1.165) is 12.8 Å². The van der Waals surface area contributed by atoms with Crippen LogP contribution in [0.4, 0.5) is 10.1 Å². The standard InChI is InChI=1S/C16H23FN4O2S.HI/c1-12-7-8-14(11-15(12)17)21-24(22,23)10-9-19-16(18-2)20-13-5-3-4-6-13;/h3-4,7-8,11,13,21H,5-6,9-10H2,1-2H3,(H2,18,19,20);1H. The van der Waals surface area contributed by atoms with Gasteiger partial charge in [-0.25, -0.2) is 12.8 Å². The first-order chi connectivity index (χ1) is 11.4. The van der Waals surface area contributed by atoms with Crippen LogP contribution in [0.2, 0.25) is 0 Å². The molecular formula is C16H24FIN4O2S. The van der Waals surface area contributed by atoms with Gasteiger partial charge >= 0.3 is 0 Å². The molecule has 1 aliphatic carbocycles. The summed E-state index contributed by atoms with van der Waals surface area (Å²) in [6, 6.07) is 4.54. The molecule has 0 radical (unpaired) electrons. The van der Waals surface area contributed by atoms with Gasteiger partial charge in [-0.15, -0.1) is 24.0 Å². The minimum absolute atomic E-state index is 0. The summed E-state index contributed by atoms with van der Waals surface area (Å²) in [6.45, 7) is 1.82. The van der Waals surface area contributed by atoms with Crippen molar-refractivity contribution in [1.29, 1.82) is 0 Å². The lowest BCUT2D eigenvalue weighted by atomic mass is 10.2. The number of guanidine groups is 1. The van der Waals surface area contributed by atoms with Gasteiger partial charge in [0, 0.05) is 19.6 Å². The number of hydrogen-bond donors (Lipinski definition) is 3. The van der Waals surface area contributed by atoms with E-state index in [2.05, 4.69) is 32.5 Å². The Kier molecular flexibility index (Phi) is 8.63. The molecule has 1 aromatic carbocycles. The van der Waals surface area contributed by atoms with E-state index in [4.69, 9.17) is 0 Å². The first-order valence-electron chi connectivity index (χ1n) is 7.78. The van der Waals surface area contributed by atoms with Crippen molar-refractivity contribution < 1.29 is 12.8 Å². The lowest BCUT2D eigenvalue weighted by molar-refractivity contribution is 0.598. The number of sulfonamides is 1. The topological polar surface area (TPSA) is 82.6 Å². The average molecular weight is 482 g/mol. The molecule has 0 saturated heterocycles.